The van der Waals surface area contributed by atoms with Crippen molar-refractivity contribution in [2.45, 2.75) is 0 Å². The number of fused-ring (bicyclic) bond motifs is 1. The predicted octanol–water partition coefficient (Wildman–Crippen LogP) is 4.72. The molecule has 0 atom stereocenters. The lowest BCUT2D eigenvalue weighted by Crippen LogP contribution is -2.05. The number of hydrogen-bond donors (Lipinski definition) is 1. The fraction of sp³-hybridized carbons (Fsp3) is 0. The van der Waals surface area contributed by atoms with Crippen molar-refractivity contribution < 1.29 is 9.15 Å². The molecule has 0 bridgehead atoms. The summed E-state index contributed by atoms with van der Waals surface area (Å²) in [5.41, 5.74) is 0.787. The smallest absolute Gasteiger partial charge is 0.348 e. The van der Waals surface area contributed by atoms with Crippen molar-refractivity contribution in [2.75, 3.05) is 5.32 Å². The van der Waals surface area contributed by atoms with E-state index < -0.39 is 5.63 Å². The lowest BCUT2D eigenvalue weighted by atomic mass is 10.2. The summed E-state index contributed by atoms with van der Waals surface area (Å²) in [7, 11) is 0. The molecule has 4 rings (SSSR count). The normalized spacial score (nSPS) is 10.6. The molecule has 0 aliphatic carbocycles. The minimum absolute atomic E-state index is 0.118. The Kier molecular flexibility index (Phi) is 3.88. The summed E-state index contributed by atoms with van der Waals surface area (Å²) >= 11 is 0. The number of nitrogens with zero attached hydrogens (tertiary/aromatic N) is 1. The summed E-state index contributed by atoms with van der Waals surface area (Å²) in [5, 5.41) is 3.47. The molecule has 1 aromatic heterocycles. The van der Waals surface area contributed by atoms with Gasteiger partial charge in [-0.15, -0.1) is 0 Å². The Hall–Kier alpha value is -3.60. The van der Waals surface area contributed by atoms with E-state index in [1.165, 1.54) is 0 Å². The molecular weight excluding hydrogens is 316 g/mol. The van der Waals surface area contributed by atoms with Gasteiger partial charge in [-0.1, -0.05) is 42.5 Å². The molecule has 122 valence electrons. The quantitative estimate of drug-likeness (QED) is 0.586. The maximum Gasteiger partial charge on any atom is 0.348 e. The standard InChI is InChI=1S/C20H14N2O3/c23-19-15-10-4-5-11-16(15)21-20(25-19)22-17-12-6-7-13-18(17)24-14-8-2-1-3-9-14/h1-13H,(H,21,22). The molecule has 5 heteroatoms. The molecule has 5 nitrogen and oxygen atoms in total. The molecular formula is C20H14N2O3. The van der Waals surface area contributed by atoms with E-state index in [-0.39, 0.29) is 6.01 Å². The van der Waals surface area contributed by atoms with Gasteiger partial charge in [0, 0.05) is 0 Å². The van der Waals surface area contributed by atoms with E-state index in [1.54, 1.807) is 18.2 Å². The van der Waals surface area contributed by atoms with Gasteiger partial charge in [0.2, 0.25) is 0 Å². The largest absolute Gasteiger partial charge is 0.455 e. The average Bonchev–Trinajstić information content (AvgIpc) is 2.64. The zero-order chi connectivity index (χ0) is 17.1. The molecule has 0 saturated heterocycles. The minimum Gasteiger partial charge on any atom is -0.455 e. The highest BCUT2D eigenvalue weighted by atomic mass is 16.5. The second kappa shape index (κ2) is 6.49. The molecule has 1 heterocycles. The van der Waals surface area contributed by atoms with Crippen molar-refractivity contribution in [1.29, 1.82) is 0 Å². The Morgan fingerprint density at radius 2 is 1.56 bits per heavy atom. The van der Waals surface area contributed by atoms with Gasteiger partial charge < -0.3 is 14.5 Å². The molecule has 3 aromatic carbocycles. The molecule has 25 heavy (non-hydrogen) atoms. The third kappa shape index (κ3) is 3.21. The summed E-state index contributed by atoms with van der Waals surface area (Å²) in [6, 6.07) is 24.0. The van der Waals surface area contributed by atoms with Crippen LogP contribution >= 0.6 is 0 Å². The highest BCUT2D eigenvalue weighted by Crippen LogP contribution is 2.31. The Balaban J connectivity index is 1.68. The van der Waals surface area contributed by atoms with Crippen LogP contribution in [-0.2, 0) is 0 Å². The number of hydrogen-bond acceptors (Lipinski definition) is 5. The van der Waals surface area contributed by atoms with Crippen LogP contribution in [0.25, 0.3) is 10.9 Å². The van der Waals surface area contributed by atoms with Gasteiger partial charge in [0.15, 0.2) is 5.75 Å². The molecule has 0 aliphatic heterocycles. The number of aromatic nitrogens is 1. The van der Waals surface area contributed by atoms with Crippen molar-refractivity contribution in [3.63, 3.8) is 0 Å². The van der Waals surface area contributed by atoms with Crippen LogP contribution in [0.3, 0.4) is 0 Å². The number of benzene rings is 3. The van der Waals surface area contributed by atoms with Gasteiger partial charge in [-0.2, -0.15) is 4.98 Å². The van der Waals surface area contributed by atoms with E-state index in [1.807, 2.05) is 60.7 Å². The second-order valence-electron chi connectivity index (χ2n) is 5.36. The van der Waals surface area contributed by atoms with E-state index in [4.69, 9.17) is 9.15 Å². The van der Waals surface area contributed by atoms with Gasteiger partial charge in [-0.3, -0.25) is 0 Å². The van der Waals surface area contributed by atoms with E-state index in [2.05, 4.69) is 10.3 Å². The van der Waals surface area contributed by atoms with Gasteiger partial charge in [0.1, 0.15) is 5.75 Å². The van der Waals surface area contributed by atoms with Crippen LogP contribution in [0.1, 0.15) is 0 Å². The monoisotopic (exact) mass is 330 g/mol. The highest BCUT2D eigenvalue weighted by molar-refractivity contribution is 5.78. The number of ether oxygens (including phenoxy) is 1. The summed E-state index contributed by atoms with van der Waals surface area (Å²) in [4.78, 5) is 16.4. The Labute approximate surface area is 143 Å². The van der Waals surface area contributed by atoms with Crippen molar-refractivity contribution >= 4 is 22.6 Å². The predicted molar refractivity (Wildman–Crippen MR) is 96.5 cm³/mol. The van der Waals surface area contributed by atoms with Crippen LogP contribution in [-0.4, -0.2) is 4.98 Å². The molecule has 1 N–H and O–H groups in total. The Bertz CT molecular complexity index is 1070. The van der Waals surface area contributed by atoms with Gasteiger partial charge in [0.25, 0.3) is 0 Å². The fourth-order valence-corrected chi connectivity index (χ4v) is 2.46. The van der Waals surface area contributed by atoms with E-state index in [0.29, 0.717) is 28.1 Å². The lowest BCUT2D eigenvalue weighted by molar-refractivity contribution is 0.482. The first-order chi connectivity index (χ1) is 12.3. The van der Waals surface area contributed by atoms with Crippen molar-refractivity contribution in [3.8, 4) is 11.5 Å². The van der Waals surface area contributed by atoms with Crippen LogP contribution in [0.2, 0.25) is 0 Å². The third-order valence-electron chi connectivity index (χ3n) is 3.64. The maximum absolute atomic E-state index is 12.1. The average molecular weight is 330 g/mol. The fourth-order valence-electron chi connectivity index (χ4n) is 2.46. The lowest BCUT2D eigenvalue weighted by Gasteiger charge is -2.11. The molecule has 0 saturated carbocycles. The summed E-state index contributed by atoms with van der Waals surface area (Å²) in [6.45, 7) is 0. The molecule has 0 radical (unpaired) electrons. The molecule has 0 amide bonds. The highest BCUT2D eigenvalue weighted by Gasteiger charge is 2.09. The number of rotatable bonds is 4. The third-order valence-corrected chi connectivity index (χ3v) is 3.64. The molecule has 4 aromatic rings. The number of nitrogens with one attached hydrogen (secondary N) is 1. The molecule has 0 spiro atoms. The second-order valence-corrected chi connectivity index (χ2v) is 5.36. The van der Waals surface area contributed by atoms with Crippen LogP contribution < -0.4 is 15.7 Å². The van der Waals surface area contributed by atoms with Crippen molar-refractivity contribution in [1.82, 2.24) is 4.98 Å². The summed E-state index contributed by atoms with van der Waals surface area (Å²) in [6.07, 6.45) is 0. The summed E-state index contributed by atoms with van der Waals surface area (Å²) < 4.78 is 11.2. The van der Waals surface area contributed by atoms with Crippen LogP contribution in [0, 0.1) is 0 Å². The first-order valence-corrected chi connectivity index (χ1v) is 7.78. The first kappa shape index (κ1) is 15.0. The van der Waals surface area contributed by atoms with Gasteiger partial charge in [0.05, 0.1) is 16.6 Å². The van der Waals surface area contributed by atoms with Gasteiger partial charge in [-0.25, -0.2) is 4.79 Å². The SMILES string of the molecule is O=c1oc(Nc2ccccc2Oc2ccccc2)nc2ccccc12. The van der Waals surface area contributed by atoms with Crippen LogP contribution in [0.15, 0.2) is 88.1 Å². The minimum atomic E-state index is -0.436. The first-order valence-electron chi connectivity index (χ1n) is 7.78. The maximum atomic E-state index is 12.1. The number of para-hydroxylation sites is 4. The van der Waals surface area contributed by atoms with E-state index >= 15 is 0 Å². The van der Waals surface area contributed by atoms with Gasteiger partial charge in [-0.05, 0) is 36.4 Å². The Morgan fingerprint density at radius 3 is 2.44 bits per heavy atom. The van der Waals surface area contributed by atoms with Crippen LogP contribution in [0.4, 0.5) is 11.7 Å². The Morgan fingerprint density at radius 1 is 0.840 bits per heavy atom. The van der Waals surface area contributed by atoms with E-state index in [0.717, 1.165) is 0 Å². The molecule has 0 aliphatic rings. The topological polar surface area (TPSA) is 64.4 Å². The number of anilines is 2. The summed E-state index contributed by atoms with van der Waals surface area (Å²) in [5.74, 6) is 1.32. The van der Waals surface area contributed by atoms with Crippen molar-refractivity contribution in [3.05, 3.63) is 89.3 Å². The van der Waals surface area contributed by atoms with Crippen LogP contribution in [0.5, 0.6) is 11.5 Å². The molecule has 0 unspecified atom stereocenters. The van der Waals surface area contributed by atoms with Gasteiger partial charge >= 0.3 is 11.6 Å². The van der Waals surface area contributed by atoms with E-state index in [9.17, 15) is 4.79 Å². The molecule has 0 fully saturated rings. The zero-order valence-corrected chi connectivity index (χ0v) is 13.2. The van der Waals surface area contributed by atoms with Crippen molar-refractivity contribution in [2.24, 2.45) is 0 Å². The zero-order valence-electron chi connectivity index (χ0n) is 13.2.